The lowest BCUT2D eigenvalue weighted by Gasteiger charge is -2.21. The maximum absolute atomic E-state index is 11.6. The van der Waals surface area contributed by atoms with Crippen molar-refractivity contribution in [2.75, 3.05) is 30.8 Å². The average molecular weight is 435 g/mol. The number of carbonyl (C=O) groups excluding carboxylic acids is 1. The van der Waals surface area contributed by atoms with E-state index < -0.39 is 0 Å². The molecule has 0 spiro atoms. The summed E-state index contributed by atoms with van der Waals surface area (Å²) in [6.07, 6.45) is 2.18. The zero-order valence-electron chi connectivity index (χ0n) is 18.1. The van der Waals surface area contributed by atoms with Gasteiger partial charge in [0.05, 0.1) is 6.20 Å². The summed E-state index contributed by atoms with van der Waals surface area (Å²) in [6, 6.07) is 8.19. The van der Waals surface area contributed by atoms with Crippen molar-refractivity contribution >= 4 is 17.5 Å². The number of hydrogen-bond acceptors (Lipinski definition) is 9. The molecule has 2 aliphatic rings. The van der Waals surface area contributed by atoms with Crippen LogP contribution in [-0.4, -0.2) is 52.3 Å². The number of benzene rings is 1. The Labute approximate surface area is 185 Å². The molecule has 3 aromatic rings. The average Bonchev–Trinajstić information content (AvgIpc) is 3.20. The van der Waals surface area contributed by atoms with Crippen LogP contribution < -0.4 is 21.3 Å². The van der Waals surface area contributed by atoms with Gasteiger partial charge in [0.25, 0.3) is 5.89 Å². The third-order valence-electron chi connectivity index (χ3n) is 6.16. The fourth-order valence-corrected chi connectivity index (χ4v) is 4.32. The van der Waals surface area contributed by atoms with Crippen LogP contribution in [0.4, 0.5) is 11.6 Å². The number of piperidine rings is 1. The monoisotopic (exact) mass is 434 g/mol. The molecular weight excluding hydrogens is 408 g/mol. The van der Waals surface area contributed by atoms with Gasteiger partial charge in [0, 0.05) is 49.5 Å². The molecule has 1 aliphatic heterocycles. The Morgan fingerprint density at radius 1 is 1.19 bits per heavy atom. The number of nitrogens with one attached hydrogen (secondary N) is 2. The predicted molar refractivity (Wildman–Crippen MR) is 119 cm³/mol. The summed E-state index contributed by atoms with van der Waals surface area (Å²) in [5.41, 5.74) is 8.45. The second-order valence-corrected chi connectivity index (χ2v) is 8.28. The van der Waals surface area contributed by atoms with Gasteiger partial charge in [0.1, 0.15) is 5.82 Å². The van der Waals surface area contributed by atoms with Gasteiger partial charge >= 0.3 is 0 Å². The summed E-state index contributed by atoms with van der Waals surface area (Å²) in [4.78, 5) is 22.8. The first-order valence-corrected chi connectivity index (χ1v) is 10.8. The van der Waals surface area contributed by atoms with E-state index in [0.29, 0.717) is 29.8 Å². The van der Waals surface area contributed by atoms with Crippen molar-refractivity contribution in [3.8, 4) is 23.0 Å². The molecule has 10 nitrogen and oxygen atoms in total. The van der Waals surface area contributed by atoms with Gasteiger partial charge in [0.2, 0.25) is 11.8 Å². The molecule has 0 bridgehead atoms. The number of aromatic nitrogens is 4. The van der Waals surface area contributed by atoms with Crippen molar-refractivity contribution < 1.29 is 9.21 Å². The molecule has 1 aromatic carbocycles. The van der Waals surface area contributed by atoms with E-state index in [0.717, 1.165) is 31.0 Å². The highest BCUT2D eigenvalue weighted by molar-refractivity contribution is 5.76. The summed E-state index contributed by atoms with van der Waals surface area (Å²) in [5.74, 6) is 2.62. The molecule has 10 heteroatoms. The van der Waals surface area contributed by atoms with Crippen LogP contribution in [0.3, 0.4) is 0 Å². The first-order chi connectivity index (χ1) is 15.6. The highest BCUT2D eigenvalue weighted by Gasteiger charge is 2.56. The minimum absolute atomic E-state index is 0.106. The molecule has 2 aromatic heterocycles. The number of hydrogen-bond donors (Lipinski definition) is 3. The highest BCUT2D eigenvalue weighted by atomic mass is 16.4. The maximum atomic E-state index is 11.6. The Morgan fingerprint density at radius 3 is 2.59 bits per heavy atom. The molecule has 1 amide bonds. The van der Waals surface area contributed by atoms with E-state index in [1.807, 2.05) is 38.2 Å². The van der Waals surface area contributed by atoms with E-state index in [1.165, 1.54) is 5.56 Å². The van der Waals surface area contributed by atoms with Crippen LogP contribution in [0.1, 0.15) is 18.9 Å². The van der Waals surface area contributed by atoms with Crippen molar-refractivity contribution in [3.63, 3.8) is 0 Å². The molecule has 0 radical (unpaired) electrons. The lowest BCUT2D eigenvalue weighted by Crippen LogP contribution is -2.34. The Hall–Kier alpha value is -3.53. The summed E-state index contributed by atoms with van der Waals surface area (Å²) in [6.45, 7) is 4.31. The fourth-order valence-electron chi connectivity index (χ4n) is 4.32. The van der Waals surface area contributed by atoms with Crippen molar-refractivity contribution in [1.29, 1.82) is 0 Å². The van der Waals surface area contributed by atoms with Gasteiger partial charge in [-0.3, -0.25) is 4.79 Å². The molecule has 3 atom stereocenters. The number of nitrogens with zero attached hydrogens (tertiary/aromatic N) is 5. The summed E-state index contributed by atoms with van der Waals surface area (Å²) in [7, 11) is 1.91. The smallest absolute Gasteiger partial charge is 0.270 e. The van der Waals surface area contributed by atoms with Crippen LogP contribution in [0.25, 0.3) is 23.0 Å². The third-order valence-corrected chi connectivity index (χ3v) is 6.16. The van der Waals surface area contributed by atoms with Crippen LogP contribution in [0, 0.1) is 11.8 Å². The van der Waals surface area contributed by atoms with E-state index in [1.54, 1.807) is 6.20 Å². The second kappa shape index (κ2) is 8.19. The lowest BCUT2D eigenvalue weighted by molar-refractivity contribution is -0.121. The molecule has 5 rings (SSSR count). The lowest BCUT2D eigenvalue weighted by atomic mass is 10.1. The minimum Gasteiger partial charge on any atom is -0.414 e. The highest BCUT2D eigenvalue weighted by Crippen LogP contribution is 2.46. The SMILES string of the molecule is CCC(=O)N[C@@H]1C2CN(c3cnc(N)c(-c4nnc(-c5ccc(CNC)cc5)o4)n3)C[C@H]21. The predicted octanol–water partition coefficient (Wildman–Crippen LogP) is 1.46. The second-order valence-electron chi connectivity index (χ2n) is 8.28. The number of carbonyl (C=O) groups is 1. The first-order valence-electron chi connectivity index (χ1n) is 10.8. The molecular formula is C22H26N8O2. The van der Waals surface area contributed by atoms with Gasteiger partial charge in [-0.1, -0.05) is 19.1 Å². The van der Waals surface area contributed by atoms with E-state index in [4.69, 9.17) is 10.2 Å². The van der Waals surface area contributed by atoms with Gasteiger partial charge in [-0.15, -0.1) is 10.2 Å². The van der Waals surface area contributed by atoms with Crippen LogP contribution >= 0.6 is 0 Å². The van der Waals surface area contributed by atoms with E-state index >= 15 is 0 Å². The molecule has 3 heterocycles. The molecule has 32 heavy (non-hydrogen) atoms. The van der Waals surface area contributed by atoms with Crippen LogP contribution in [0.5, 0.6) is 0 Å². The molecule has 2 fully saturated rings. The normalized spacial score (nSPS) is 21.4. The molecule has 1 saturated carbocycles. The molecule has 4 N–H and O–H groups in total. The minimum atomic E-state index is 0.106. The Bertz CT molecular complexity index is 1120. The van der Waals surface area contributed by atoms with Gasteiger partial charge in [-0.25, -0.2) is 9.97 Å². The van der Waals surface area contributed by atoms with Crippen LogP contribution in [0.15, 0.2) is 34.9 Å². The molecule has 1 unspecified atom stereocenters. The van der Waals surface area contributed by atoms with E-state index in [9.17, 15) is 4.79 Å². The van der Waals surface area contributed by atoms with Gasteiger partial charge in [-0.05, 0) is 24.7 Å². The molecule has 1 aliphatic carbocycles. The number of anilines is 2. The Balaban J connectivity index is 1.31. The van der Waals surface area contributed by atoms with Gasteiger partial charge in [0.15, 0.2) is 11.5 Å². The van der Waals surface area contributed by atoms with Crippen LogP contribution in [-0.2, 0) is 11.3 Å². The Morgan fingerprint density at radius 2 is 1.91 bits per heavy atom. The largest absolute Gasteiger partial charge is 0.414 e. The summed E-state index contributed by atoms with van der Waals surface area (Å²) >= 11 is 0. The Kier molecular flexibility index (Phi) is 5.22. The van der Waals surface area contributed by atoms with E-state index in [2.05, 4.69) is 35.7 Å². The van der Waals surface area contributed by atoms with Crippen molar-refractivity contribution in [2.45, 2.75) is 25.9 Å². The van der Waals surface area contributed by atoms with Crippen LogP contribution in [0.2, 0.25) is 0 Å². The maximum Gasteiger partial charge on any atom is 0.270 e. The van der Waals surface area contributed by atoms with Crippen molar-refractivity contribution in [1.82, 2.24) is 30.8 Å². The number of nitrogens with two attached hydrogens (primary N) is 1. The topological polar surface area (TPSA) is 135 Å². The number of rotatable bonds is 7. The summed E-state index contributed by atoms with van der Waals surface area (Å²) in [5, 5.41) is 14.5. The number of nitrogen functional groups attached to an aromatic ring is 1. The molecule has 166 valence electrons. The zero-order chi connectivity index (χ0) is 22.2. The fraction of sp³-hybridized carbons (Fsp3) is 0.409. The number of fused-ring (bicyclic) bond motifs is 1. The zero-order valence-corrected chi connectivity index (χ0v) is 18.1. The van der Waals surface area contributed by atoms with Crippen molar-refractivity contribution in [3.05, 3.63) is 36.0 Å². The van der Waals surface area contributed by atoms with Gasteiger partial charge < -0.3 is 25.7 Å². The number of amides is 1. The third kappa shape index (κ3) is 3.77. The van der Waals surface area contributed by atoms with E-state index in [-0.39, 0.29) is 23.7 Å². The molecule has 1 saturated heterocycles. The summed E-state index contributed by atoms with van der Waals surface area (Å²) < 4.78 is 5.87. The van der Waals surface area contributed by atoms with Gasteiger partial charge in [-0.2, -0.15) is 0 Å². The van der Waals surface area contributed by atoms with Crippen molar-refractivity contribution in [2.24, 2.45) is 11.8 Å². The standard InChI is InChI=1S/C22H26N8O2/c1-3-17(31)27-18-14-10-30(11-15(14)18)16-9-25-20(23)19(26-16)22-29-28-21(32-22)13-6-4-12(5-7-13)8-24-2/h4-7,9,14-15,18,24H,3,8,10-11H2,1-2H3,(H2,23,25)(H,27,31)/t14-,15?,18+/m1/s1. The quantitative estimate of drug-likeness (QED) is 0.505. The first kappa shape index (κ1) is 20.4.